The number of aliphatic hydroxyl groups is 1. The first-order valence-electron chi connectivity index (χ1n) is 7.17. The molecular weight excluding hydrogens is 270 g/mol. The van der Waals surface area contributed by atoms with Crippen molar-refractivity contribution in [2.24, 2.45) is 5.41 Å². The molecule has 2 N–H and O–H groups in total. The Kier molecular flexibility index (Phi) is 3.41. The van der Waals surface area contributed by atoms with Crippen molar-refractivity contribution in [2.45, 2.75) is 33.1 Å². The average Bonchev–Trinajstić information content (AvgIpc) is 3.12. The molecule has 0 unspecified atom stereocenters. The van der Waals surface area contributed by atoms with E-state index in [9.17, 15) is 4.79 Å². The molecule has 0 aliphatic heterocycles. The predicted molar refractivity (Wildman–Crippen MR) is 77.0 cm³/mol. The molecule has 2 aromatic rings. The van der Waals surface area contributed by atoms with Crippen molar-refractivity contribution in [1.29, 1.82) is 0 Å². The number of nitrogens with zero attached hydrogens (tertiary/aromatic N) is 2. The summed E-state index contributed by atoms with van der Waals surface area (Å²) in [5, 5.41) is 16.6. The number of nitrogens with one attached hydrogen (secondary N) is 1. The van der Waals surface area contributed by atoms with Crippen molar-refractivity contribution in [3.05, 3.63) is 23.0 Å². The van der Waals surface area contributed by atoms with Crippen molar-refractivity contribution in [2.75, 3.05) is 13.2 Å². The van der Waals surface area contributed by atoms with Gasteiger partial charge in [0.1, 0.15) is 0 Å². The van der Waals surface area contributed by atoms with E-state index in [1.807, 2.05) is 6.92 Å². The van der Waals surface area contributed by atoms with Gasteiger partial charge in [0.2, 0.25) is 0 Å². The summed E-state index contributed by atoms with van der Waals surface area (Å²) >= 11 is 0. The fourth-order valence-electron chi connectivity index (χ4n) is 2.69. The van der Waals surface area contributed by atoms with Crippen LogP contribution in [-0.2, 0) is 0 Å². The molecule has 21 heavy (non-hydrogen) atoms. The first-order valence-corrected chi connectivity index (χ1v) is 7.17. The molecule has 6 heteroatoms. The van der Waals surface area contributed by atoms with Crippen LogP contribution in [0.3, 0.4) is 0 Å². The summed E-state index contributed by atoms with van der Waals surface area (Å²) in [5.41, 5.74) is 2.43. The van der Waals surface area contributed by atoms with Gasteiger partial charge in [0.05, 0.1) is 16.6 Å². The molecule has 1 aliphatic rings. The lowest BCUT2D eigenvalue weighted by Gasteiger charge is -2.14. The summed E-state index contributed by atoms with van der Waals surface area (Å²) in [6, 6.07) is 1.76. The third-order valence-electron chi connectivity index (χ3n) is 4.21. The number of carbonyl (C=O) groups is 1. The monoisotopic (exact) mass is 289 g/mol. The van der Waals surface area contributed by atoms with E-state index in [0.29, 0.717) is 28.9 Å². The van der Waals surface area contributed by atoms with E-state index < -0.39 is 0 Å². The van der Waals surface area contributed by atoms with Crippen LogP contribution in [0.25, 0.3) is 11.1 Å². The zero-order valence-corrected chi connectivity index (χ0v) is 12.3. The largest absolute Gasteiger partial charge is 0.396 e. The van der Waals surface area contributed by atoms with Crippen LogP contribution >= 0.6 is 0 Å². The van der Waals surface area contributed by atoms with Crippen LogP contribution in [0, 0.1) is 19.3 Å². The Labute approximate surface area is 122 Å². The Morgan fingerprint density at radius 2 is 2.24 bits per heavy atom. The Hall–Kier alpha value is -1.95. The van der Waals surface area contributed by atoms with Gasteiger partial charge in [-0.3, -0.25) is 4.79 Å². The maximum absolute atomic E-state index is 12.5. The van der Waals surface area contributed by atoms with Crippen molar-refractivity contribution >= 4 is 17.0 Å². The van der Waals surface area contributed by atoms with Gasteiger partial charge >= 0.3 is 0 Å². The molecule has 1 fully saturated rings. The molecular formula is C15H19N3O3. The molecule has 3 rings (SSSR count). The second kappa shape index (κ2) is 5.11. The van der Waals surface area contributed by atoms with Gasteiger partial charge < -0.3 is 14.9 Å². The predicted octanol–water partition coefficient (Wildman–Crippen LogP) is 1.73. The number of aryl methyl sites for hydroxylation is 2. The van der Waals surface area contributed by atoms with Crippen LogP contribution in [0.2, 0.25) is 0 Å². The smallest absolute Gasteiger partial charge is 0.258 e. The second-order valence-electron chi connectivity index (χ2n) is 5.92. The maximum atomic E-state index is 12.5. The highest BCUT2D eigenvalue weighted by Gasteiger charge is 2.42. The Bertz CT molecular complexity index is 689. The first-order chi connectivity index (χ1) is 10.0. The van der Waals surface area contributed by atoms with Crippen LogP contribution < -0.4 is 5.32 Å². The highest BCUT2D eigenvalue weighted by molar-refractivity contribution is 6.06. The first kappa shape index (κ1) is 14.0. The van der Waals surface area contributed by atoms with E-state index in [1.165, 1.54) is 0 Å². The lowest BCUT2D eigenvalue weighted by atomic mass is 10.0. The quantitative estimate of drug-likeness (QED) is 0.875. The standard InChI is InChI=1S/C15H19N3O3/c1-9-7-11(12-10(2)18-21-14(12)17-9)13(20)16-8-15(3-4-15)5-6-19/h7,19H,3-6,8H2,1-2H3,(H,16,20). The fraction of sp³-hybridized carbons (Fsp3) is 0.533. The number of hydrogen-bond acceptors (Lipinski definition) is 5. The minimum Gasteiger partial charge on any atom is -0.396 e. The van der Waals surface area contributed by atoms with E-state index in [1.54, 1.807) is 13.0 Å². The van der Waals surface area contributed by atoms with Crippen molar-refractivity contribution in [3.8, 4) is 0 Å². The van der Waals surface area contributed by atoms with Crippen LogP contribution in [0.1, 0.15) is 41.0 Å². The summed E-state index contributed by atoms with van der Waals surface area (Å²) in [6.07, 6.45) is 2.86. The van der Waals surface area contributed by atoms with Crippen molar-refractivity contribution in [3.63, 3.8) is 0 Å². The van der Waals surface area contributed by atoms with Gasteiger partial charge in [-0.25, -0.2) is 4.98 Å². The molecule has 0 aromatic carbocycles. The lowest BCUT2D eigenvalue weighted by molar-refractivity contribution is 0.0942. The third kappa shape index (κ3) is 2.63. The summed E-state index contributed by atoms with van der Waals surface area (Å²) < 4.78 is 5.14. The number of pyridine rings is 1. The van der Waals surface area contributed by atoms with E-state index in [2.05, 4.69) is 15.5 Å². The summed E-state index contributed by atoms with van der Waals surface area (Å²) in [5.74, 6) is -0.138. The molecule has 0 bridgehead atoms. The molecule has 0 atom stereocenters. The number of hydrogen-bond donors (Lipinski definition) is 2. The zero-order chi connectivity index (χ0) is 15.0. The van der Waals surface area contributed by atoms with E-state index in [-0.39, 0.29) is 17.9 Å². The van der Waals surface area contributed by atoms with Crippen LogP contribution in [0.15, 0.2) is 10.6 Å². The Morgan fingerprint density at radius 1 is 1.48 bits per heavy atom. The summed E-state index contributed by atoms with van der Waals surface area (Å²) in [4.78, 5) is 16.7. The number of rotatable bonds is 5. The molecule has 1 amide bonds. The van der Waals surface area contributed by atoms with Gasteiger partial charge in [0.25, 0.3) is 11.6 Å². The SMILES string of the molecule is Cc1cc(C(=O)NCC2(CCO)CC2)c2c(C)noc2n1. The molecule has 1 saturated carbocycles. The van der Waals surface area contributed by atoms with Gasteiger partial charge in [-0.2, -0.15) is 0 Å². The Morgan fingerprint density at radius 3 is 2.90 bits per heavy atom. The molecule has 2 aromatic heterocycles. The van der Waals surface area contributed by atoms with Crippen LogP contribution in [0.4, 0.5) is 0 Å². The fourth-order valence-corrected chi connectivity index (χ4v) is 2.69. The van der Waals surface area contributed by atoms with Gasteiger partial charge in [0, 0.05) is 18.8 Å². The van der Waals surface area contributed by atoms with Gasteiger partial charge in [-0.05, 0) is 44.6 Å². The number of carbonyl (C=O) groups excluding carboxylic acids is 1. The van der Waals surface area contributed by atoms with E-state index >= 15 is 0 Å². The third-order valence-corrected chi connectivity index (χ3v) is 4.21. The van der Waals surface area contributed by atoms with E-state index in [0.717, 1.165) is 25.0 Å². The van der Waals surface area contributed by atoms with Crippen molar-refractivity contribution < 1.29 is 14.4 Å². The molecule has 2 heterocycles. The minimum atomic E-state index is -0.138. The lowest BCUT2D eigenvalue weighted by Crippen LogP contribution is -2.31. The second-order valence-corrected chi connectivity index (χ2v) is 5.92. The summed E-state index contributed by atoms with van der Waals surface area (Å²) in [6.45, 7) is 4.38. The molecule has 112 valence electrons. The summed E-state index contributed by atoms with van der Waals surface area (Å²) in [7, 11) is 0. The maximum Gasteiger partial charge on any atom is 0.258 e. The minimum absolute atomic E-state index is 0.0926. The number of fused-ring (bicyclic) bond motifs is 1. The molecule has 0 spiro atoms. The normalized spacial score (nSPS) is 16.1. The zero-order valence-electron chi connectivity index (χ0n) is 12.3. The molecule has 0 saturated heterocycles. The van der Waals surface area contributed by atoms with Crippen LogP contribution in [0.5, 0.6) is 0 Å². The molecule has 6 nitrogen and oxygen atoms in total. The van der Waals surface area contributed by atoms with Crippen molar-refractivity contribution in [1.82, 2.24) is 15.5 Å². The highest BCUT2D eigenvalue weighted by atomic mass is 16.5. The number of aliphatic hydroxyl groups excluding tert-OH is 1. The van der Waals surface area contributed by atoms with Gasteiger partial charge in [-0.15, -0.1) is 0 Å². The topological polar surface area (TPSA) is 88.2 Å². The highest BCUT2D eigenvalue weighted by Crippen LogP contribution is 2.47. The Balaban J connectivity index is 1.83. The van der Waals surface area contributed by atoms with Crippen LogP contribution in [-0.4, -0.2) is 34.3 Å². The molecule has 1 aliphatic carbocycles. The number of aromatic nitrogens is 2. The number of amides is 1. The van der Waals surface area contributed by atoms with Gasteiger partial charge in [0.15, 0.2) is 0 Å². The van der Waals surface area contributed by atoms with Gasteiger partial charge in [-0.1, -0.05) is 5.16 Å². The molecule has 0 radical (unpaired) electrons. The van der Waals surface area contributed by atoms with E-state index in [4.69, 9.17) is 9.63 Å². The average molecular weight is 289 g/mol.